The quantitative estimate of drug-likeness (QED) is 0.138. The molecule has 5 heteroatoms. The summed E-state index contributed by atoms with van der Waals surface area (Å²) in [6, 6.07) is 24.1. The van der Waals surface area contributed by atoms with Crippen molar-refractivity contribution in [3.05, 3.63) is 83.0 Å². The van der Waals surface area contributed by atoms with E-state index in [4.69, 9.17) is 0 Å². The molecule has 1 unspecified atom stereocenters. The van der Waals surface area contributed by atoms with Crippen LogP contribution in [-0.2, 0) is 20.4 Å². The number of hydrogen-bond donors (Lipinski definition) is 0. The molecule has 1 atom stereocenters. The van der Waals surface area contributed by atoms with Crippen LogP contribution in [0.15, 0.2) is 83.0 Å². The third-order valence-corrected chi connectivity index (χ3v) is 15.3. The third kappa shape index (κ3) is 13.8. The summed E-state index contributed by atoms with van der Waals surface area (Å²) in [7, 11) is -1.35. The molecule has 0 nitrogen and oxygen atoms in total. The van der Waals surface area contributed by atoms with Crippen LogP contribution in [0.25, 0.3) is 0 Å². The van der Waals surface area contributed by atoms with Gasteiger partial charge in [-0.2, -0.15) is 0 Å². The van der Waals surface area contributed by atoms with Crippen LogP contribution >= 0.6 is 0 Å². The van der Waals surface area contributed by atoms with Crippen molar-refractivity contribution in [1.29, 1.82) is 0 Å². The number of hydrogen-bond acceptors (Lipinski definition) is 0. The molecule has 0 radical (unpaired) electrons. The molecule has 0 N–H and O–H groups in total. The van der Waals surface area contributed by atoms with Crippen LogP contribution in [0.3, 0.4) is 0 Å². The molecule has 1 aliphatic carbocycles. The Bertz CT molecular complexity index is 1030. The fourth-order valence-corrected chi connectivity index (χ4v) is 12.1. The average Bonchev–Trinajstić information content (AvgIpc) is 3.16. The Balaban J connectivity index is 0.00000616. The summed E-state index contributed by atoms with van der Waals surface area (Å²) in [5.41, 5.74) is 6.54. The first-order valence-electron chi connectivity index (χ1n) is 17.2. The van der Waals surface area contributed by atoms with E-state index in [1.807, 2.05) is 0 Å². The van der Waals surface area contributed by atoms with E-state index in [1.165, 1.54) is 115 Å². The molecule has 0 amide bonds. The third-order valence-electron chi connectivity index (χ3n) is 9.93. The smallest absolute Gasteiger partial charge is 1.00 e. The number of rotatable bonds is 21. The van der Waals surface area contributed by atoms with Crippen molar-refractivity contribution in [2.24, 2.45) is 0 Å². The van der Waals surface area contributed by atoms with E-state index < -0.39 is 8.80 Å². The summed E-state index contributed by atoms with van der Waals surface area (Å²) in [5.74, 6) is 0. The zero-order chi connectivity index (χ0) is 29.3. The van der Waals surface area contributed by atoms with Gasteiger partial charge in [-0.15, -0.1) is 0 Å². The van der Waals surface area contributed by atoms with E-state index in [0.29, 0.717) is 0 Å². The van der Waals surface area contributed by atoms with Gasteiger partial charge < -0.3 is 37.2 Å². The number of benzene rings is 2. The summed E-state index contributed by atoms with van der Waals surface area (Å²) >= 11 is 2.58. The fraction of sp³-hybridized carbons (Fsp3) is 0.590. The van der Waals surface area contributed by atoms with E-state index in [2.05, 4.69) is 109 Å². The van der Waals surface area contributed by atoms with Gasteiger partial charge in [0.2, 0.25) is 0 Å². The summed E-state index contributed by atoms with van der Waals surface area (Å²) in [4.78, 5) is 0. The van der Waals surface area contributed by atoms with Crippen LogP contribution in [-0.4, -0.2) is 8.80 Å². The van der Waals surface area contributed by atoms with Gasteiger partial charge >= 0.3 is 217 Å². The van der Waals surface area contributed by atoms with Crippen molar-refractivity contribution in [2.45, 2.75) is 147 Å². The second kappa shape index (κ2) is 24.8. The Morgan fingerprint density at radius 3 is 1.27 bits per heavy atom. The summed E-state index contributed by atoms with van der Waals surface area (Å²) in [5, 5.41) is 3.16. The van der Waals surface area contributed by atoms with Crippen molar-refractivity contribution < 1.29 is 57.7 Å². The van der Waals surface area contributed by atoms with Crippen LogP contribution in [0.2, 0.25) is 9.76 Å². The molecule has 0 fully saturated rings. The van der Waals surface area contributed by atoms with Crippen molar-refractivity contribution in [3.63, 3.8) is 0 Å². The fourth-order valence-electron chi connectivity index (χ4n) is 7.01. The molecule has 244 valence electrons. The van der Waals surface area contributed by atoms with Gasteiger partial charge in [0.1, 0.15) is 0 Å². The van der Waals surface area contributed by atoms with E-state index >= 15 is 0 Å². The molecule has 0 saturated carbocycles. The first-order valence-corrected chi connectivity index (χ1v) is 20.0. The maximum Gasteiger partial charge on any atom is -1.00 e. The maximum atomic E-state index is 2.58. The first-order chi connectivity index (χ1) is 20.0. The average molecular weight is 710 g/mol. The van der Waals surface area contributed by atoms with E-state index in [1.54, 1.807) is 32.7 Å². The minimum absolute atomic E-state index is 0. The maximum absolute atomic E-state index is 2.58. The van der Waals surface area contributed by atoms with Gasteiger partial charge in [-0.25, -0.2) is 0 Å². The molecule has 0 spiro atoms. The predicted octanol–water partition coefficient (Wildman–Crippen LogP) is 2.06. The summed E-state index contributed by atoms with van der Waals surface area (Å²) in [6.07, 6.45) is 24.2. The largest absolute Gasteiger partial charge is 1.00 e. The molecule has 0 saturated heterocycles. The Morgan fingerprint density at radius 1 is 0.523 bits per heavy atom. The van der Waals surface area contributed by atoms with Crippen molar-refractivity contribution in [2.75, 3.05) is 0 Å². The van der Waals surface area contributed by atoms with Crippen LogP contribution in [0, 0.1) is 0 Å². The second-order valence-electron chi connectivity index (χ2n) is 12.9. The molecule has 1 aliphatic rings. The molecular formula is C39H59Cl3SiTi. The van der Waals surface area contributed by atoms with Crippen LogP contribution in [0.5, 0.6) is 0 Å². The number of allylic oxidation sites excluding steroid dienone is 4. The molecule has 2 aromatic rings. The van der Waals surface area contributed by atoms with Crippen LogP contribution in [0.4, 0.5) is 0 Å². The summed E-state index contributed by atoms with van der Waals surface area (Å²) in [6.45, 7) is 9.53. The Kier molecular flexibility index (Phi) is 24.7. The van der Waals surface area contributed by atoms with E-state index in [9.17, 15) is 0 Å². The number of unbranched alkanes of at least 4 members (excludes halogenated alkanes) is 15. The Labute approximate surface area is 304 Å². The van der Waals surface area contributed by atoms with E-state index in [0.717, 1.165) is 0 Å². The van der Waals surface area contributed by atoms with Gasteiger partial charge in [0.25, 0.3) is 0 Å². The molecule has 44 heavy (non-hydrogen) atoms. The monoisotopic (exact) mass is 708 g/mol. The zero-order valence-electron chi connectivity index (χ0n) is 28.2. The zero-order valence-corrected chi connectivity index (χ0v) is 33.2. The molecule has 2 aromatic carbocycles. The van der Waals surface area contributed by atoms with Crippen LogP contribution in [0.1, 0.15) is 137 Å². The van der Waals surface area contributed by atoms with Gasteiger partial charge in [-0.05, 0) is 0 Å². The SMILES string of the molecule is CCCCCCCCCCCCCCCCCCC1=C(C)C(C)=C(C)[C]1([Ti+3])C[SiH](c1ccccc1)c1ccccc1.[Cl-].[Cl-].[Cl-]. The molecule has 0 bridgehead atoms. The predicted molar refractivity (Wildman–Crippen MR) is 182 cm³/mol. The van der Waals surface area contributed by atoms with Crippen LogP contribution < -0.4 is 47.6 Å². The minimum atomic E-state index is -1.35. The van der Waals surface area contributed by atoms with Gasteiger partial charge in [0, 0.05) is 0 Å². The van der Waals surface area contributed by atoms with Gasteiger partial charge in [0.05, 0.1) is 0 Å². The topological polar surface area (TPSA) is 0 Å². The Hall–Kier alpha value is -0.279. The van der Waals surface area contributed by atoms with Crippen molar-refractivity contribution >= 4 is 19.2 Å². The summed E-state index contributed by atoms with van der Waals surface area (Å²) < 4.78 is 0.201. The normalized spacial score (nSPS) is 16.2. The van der Waals surface area contributed by atoms with Crippen molar-refractivity contribution in [1.82, 2.24) is 0 Å². The second-order valence-corrected chi connectivity index (χ2v) is 17.1. The molecule has 3 rings (SSSR count). The molecule has 0 heterocycles. The molecule has 0 aliphatic heterocycles. The Morgan fingerprint density at radius 2 is 0.886 bits per heavy atom. The van der Waals surface area contributed by atoms with E-state index in [-0.39, 0.29) is 40.9 Å². The standard InChI is InChI=1S/C39H59Si.3ClH.Ti/c1-5-6-7-8-9-10-11-12-13-14-15-16-17-18-19-26-31-38-34(3)33(2)35(4)39(38)32-40(36-27-22-20-23-28-36)37-29-24-21-25-30-37;;;;/h20-25,27-30,40H,5-19,26,31-32H2,1-4H3;3*1H;/q;;;;+3/p-3. The van der Waals surface area contributed by atoms with Gasteiger partial charge in [-0.1, -0.05) is 51.9 Å². The minimum Gasteiger partial charge on any atom is -1.00 e. The molecule has 0 aromatic heterocycles. The van der Waals surface area contributed by atoms with Crippen molar-refractivity contribution in [3.8, 4) is 0 Å². The van der Waals surface area contributed by atoms with Gasteiger partial charge in [-0.3, -0.25) is 0 Å². The number of halogens is 3. The first kappa shape index (κ1) is 43.7. The molecular weight excluding hydrogens is 651 g/mol. The van der Waals surface area contributed by atoms with Gasteiger partial charge in [0.15, 0.2) is 0 Å².